The van der Waals surface area contributed by atoms with Crippen LogP contribution in [0.15, 0.2) is 42.7 Å². The van der Waals surface area contributed by atoms with E-state index >= 15 is 0 Å². The van der Waals surface area contributed by atoms with Crippen molar-refractivity contribution >= 4 is 0 Å². The highest BCUT2D eigenvalue weighted by atomic mass is 19.4. The number of halogens is 13. The number of benzene rings is 1. The van der Waals surface area contributed by atoms with Crippen molar-refractivity contribution < 1.29 is 57.1 Å². The molecule has 0 bridgehead atoms. The number of alkyl halides is 13. The van der Waals surface area contributed by atoms with Crippen LogP contribution in [0.2, 0.25) is 0 Å². The summed E-state index contributed by atoms with van der Waals surface area (Å²) in [7, 11) is 0. The van der Waals surface area contributed by atoms with E-state index in [1.54, 1.807) is 0 Å². The van der Waals surface area contributed by atoms with Crippen molar-refractivity contribution in [2.24, 2.45) is 0 Å². The van der Waals surface area contributed by atoms with Crippen molar-refractivity contribution in [3.8, 4) is 11.3 Å². The molecule has 0 aliphatic rings. The largest absolute Gasteiger partial charge is 0.460 e. The second-order valence-electron chi connectivity index (χ2n) is 6.02. The van der Waals surface area contributed by atoms with Crippen LogP contribution < -0.4 is 0 Å². The van der Waals surface area contributed by atoms with Gasteiger partial charge in [-0.15, -0.1) is 0 Å². The van der Waals surface area contributed by atoms with E-state index in [0.717, 1.165) is 0 Å². The smallest absolute Gasteiger partial charge is 0.236 e. The molecule has 0 unspecified atom stereocenters. The molecule has 0 N–H and O–H groups in total. The Hall–Kier alpha value is -2.61. The lowest BCUT2D eigenvalue weighted by atomic mass is 9.92. The minimum atomic E-state index is -7.96. The van der Waals surface area contributed by atoms with Crippen LogP contribution in [0.5, 0.6) is 0 Å². The Morgan fingerprint density at radius 1 is 0.548 bits per heavy atom. The number of aromatic nitrogens is 2. The third-order valence-electron chi connectivity index (χ3n) is 3.99. The van der Waals surface area contributed by atoms with Gasteiger partial charge < -0.3 is 0 Å². The lowest BCUT2D eigenvalue weighted by molar-refractivity contribution is -0.442. The van der Waals surface area contributed by atoms with E-state index in [4.69, 9.17) is 0 Å². The van der Waals surface area contributed by atoms with Crippen molar-refractivity contribution in [1.82, 2.24) is 9.97 Å². The van der Waals surface area contributed by atoms with Gasteiger partial charge in [0.1, 0.15) is 12.0 Å². The lowest BCUT2D eigenvalue weighted by Gasteiger charge is -2.39. The first-order chi connectivity index (χ1) is 13.8. The van der Waals surface area contributed by atoms with Gasteiger partial charge in [0.2, 0.25) is 0 Å². The second kappa shape index (κ2) is 7.22. The Morgan fingerprint density at radius 3 is 1.52 bits per heavy atom. The van der Waals surface area contributed by atoms with Crippen molar-refractivity contribution in [3.05, 3.63) is 48.4 Å². The maximum Gasteiger partial charge on any atom is 0.460 e. The topological polar surface area (TPSA) is 25.8 Å². The van der Waals surface area contributed by atoms with Crippen LogP contribution in [0, 0.1) is 0 Å². The van der Waals surface area contributed by atoms with E-state index in [9.17, 15) is 57.1 Å². The van der Waals surface area contributed by atoms with Crippen LogP contribution in [-0.4, -0.2) is 39.8 Å². The molecule has 1 aromatic heterocycles. The van der Waals surface area contributed by atoms with Gasteiger partial charge in [0.05, 0.1) is 5.69 Å². The maximum absolute atomic E-state index is 14.2. The summed E-state index contributed by atoms with van der Waals surface area (Å²) < 4.78 is 172. The van der Waals surface area contributed by atoms with Crippen LogP contribution in [0.1, 0.15) is 5.69 Å². The SMILES string of the molecule is FC(F)(F)C(F)(F)C(F)(F)C(F)(F)C(F)(F)C(F)(F)c1cc(-c2ccccc2)ncn1. The zero-order valence-electron chi connectivity index (χ0n) is 14.3. The standard InChI is InChI=1S/C16H7F13N2/c17-11(18,10-6-9(30-7-31-10)8-4-2-1-3-5-8)12(19,20)13(21,22)14(23,24)15(25,26)16(27,28)29/h1-7H. The van der Waals surface area contributed by atoms with Crippen molar-refractivity contribution in [3.63, 3.8) is 0 Å². The molecule has 0 aliphatic carbocycles. The fourth-order valence-electron chi connectivity index (χ4n) is 2.23. The Balaban J connectivity index is 2.60. The number of hydrogen-bond donors (Lipinski definition) is 0. The summed E-state index contributed by atoms with van der Waals surface area (Å²) >= 11 is 0. The summed E-state index contributed by atoms with van der Waals surface area (Å²) in [5.74, 6) is -37.5. The molecule has 0 atom stereocenters. The predicted octanol–water partition coefficient (Wildman–Crippen LogP) is 6.34. The molecular weight excluding hydrogens is 467 g/mol. The minimum absolute atomic E-state index is 0.0284. The number of nitrogens with zero attached hydrogens (tertiary/aromatic N) is 2. The number of rotatable bonds is 6. The van der Waals surface area contributed by atoms with E-state index < -0.39 is 47.2 Å². The van der Waals surface area contributed by atoms with E-state index in [1.807, 2.05) is 0 Å². The van der Waals surface area contributed by atoms with Gasteiger partial charge in [0.15, 0.2) is 0 Å². The zero-order chi connectivity index (χ0) is 24.1. The quantitative estimate of drug-likeness (QED) is 0.457. The molecule has 2 rings (SSSR count). The molecular formula is C16H7F13N2. The summed E-state index contributed by atoms with van der Waals surface area (Å²) in [4.78, 5) is 5.97. The molecule has 0 spiro atoms. The first-order valence-electron chi connectivity index (χ1n) is 7.66. The van der Waals surface area contributed by atoms with E-state index in [0.29, 0.717) is 0 Å². The molecule has 31 heavy (non-hydrogen) atoms. The van der Waals surface area contributed by atoms with Crippen LogP contribution in [0.3, 0.4) is 0 Å². The average Bonchev–Trinajstić information content (AvgIpc) is 2.67. The third kappa shape index (κ3) is 3.56. The van der Waals surface area contributed by atoms with Crippen molar-refractivity contribution in [2.75, 3.05) is 0 Å². The van der Waals surface area contributed by atoms with Gasteiger partial charge in [0, 0.05) is 5.56 Å². The molecule has 15 heteroatoms. The summed E-state index contributed by atoms with van der Waals surface area (Å²) in [5.41, 5.74) is -2.96. The van der Waals surface area contributed by atoms with Gasteiger partial charge in [-0.3, -0.25) is 0 Å². The van der Waals surface area contributed by atoms with Crippen LogP contribution in [0.4, 0.5) is 57.1 Å². The number of hydrogen-bond acceptors (Lipinski definition) is 2. The molecule has 0 fully saturated rings. The van der Waals surface area contributed by atoms with Gasteiger partial charge in [-0.25, -0.2) is 9.97 Å². The Morgan fingerprint density at radius 2 is 1.03 bits per heavy atom. The summed E-state index contributed by atoms with van der Waals surface area (Å²) in [5, 5.41) is 0. The highest BCUT2D eigenvalue weighted by Crippen LogP contribution is 2.61. The monoisotopic (exact) mass is 474 g/mol. The summed E-state index contributed by atoms with van der Waals surface area (Å²) in [6, 6.07) is 6.41. The molecule has 0 radical (unpaired) electrons. The van der Waals surface area contributed by atoms with Gasteiger partial charge in [-0.05, 0) is 6.07 Å². The van der Waals surface area contributed by atoms with E-state index in [1.165, 1.54) is 30.3 Å². The van der Waals surface area contributed by atoms with Crippen molar-refractivity contribution in [1.29, 1.82) is 0 Å². The third-order valence-corrected chi connectivity index (χ3v) is 3.99. The van der Waals surface area contributed by atoms with E-state index in [-0.39, 0.29) is 18.0 Å². The molecule has 0 saturated heterocycles. The highest BCUT2D eigenvalue weighted by molar-refractivity contribution is 5.59. The molecule has 2 aromatic rings. The second-order valence-corrected chi connectivity index (χ2v) is 6.02. The predicted molar refractivity (Wildman–Crippen MR) is 77.2 cm³/mol. The first kappa shape index (κ1) is 24.7. The fourth-order valence-corrected chi connectivity index (χ4v) is 2.23. The van der Waals surface area contributed by atoms with Crippen LogP contribution in [0.25, 0.3) is 11.3 Å². The van der Waals surface area contributed by atoms with Gasteiger partial charge in [-0.1, -0.05) is 30.3 Å². The molecule has 172 valence electrons. The van der Waals surface area contributed by atoms with Crippen LogP contribution in [-0.2, 0) is 5.92 Å². The highest BCUT2D eigenvalue weighted by Gasteiger charge is 2.91. The minimum Gasteiger partial charge on any atom is -0.236 e. The maximum atomic E-state index is 14.2. The van der Waals surface area contributed by atoms with Crippen molar-refractivity contribution in [2.45, 2.75) is 35.8 Å². The van der Waals surface area contributed by atoms with Crippen LogP contribution >= 0.6 is 0 Å². The molecule has 0 amide bonds. The summed E-state index contributed by atoms with van der Waals surface area (Å²) in [6.45, 7) is 0. The normalized spacial score (nSPS) is 14.6. The van der Waals surface area contributed by atoms with Gasteiger partial charge >= 0.3 is 35.8 Å². The Kier molecular flexibility index (Phi) is 5.75. The van der Waals surface area contributed by atoms with Gasteiger partial charge in [0.25, 0.3) is 0 Å². The zero-order valence-corrected chi connectivity index (χ0v) is 14.3. The lowest BCUT2D eigenvalue weighted by Crippen LogP contribution is -2.69. The molecule has 1 heterocycles. The first-order valence-corrected chi connectivity index (χ1v) is 7.66. The van der Waals surface area contributed by atoms with E-state index in [2.05, 4.69) is 9.97 Å². The molecule has 2 nitrogen and oxygen atoms in total. The Bertz CT molecular complexity index is 923. The Labute approximate surface area is 163 Å². The molecule has 1 aromatic carbocycles. The average molecular weight is 474 g/mol. The van der Waals surface area contributed by atoms with Gasteiger partial charge in [-0.2, -0.15) is 57.1 Å². The summed E-state index contributed by atoms with van der Waals surface area (Å²) in [6.07, 6.45) is -7.30. The molecule has 0 aliphatic heterocycles. The fraction of sp³-hybridized carbons (Fsp3) is 0.375. The molecule has 0 saturated carbocycles.